The van der Waals surface area contributed by atoms with Crippen LogP contribution in [0, 0.1) is 5.92 Å². The Balaban J connectivity index is 1.60. The number of aryl methyl sites for hydroxylation is 2. The summed E-state index contributed by atoms with van der Waals surface area (Å²) >= 11 is 0. The molecule has 122 valence electrons. The van der Waals surface area contributed by atoms with Crippen LogP contribution in [0.15, 0.2) is 18.5 Å². The molecule has 0 aromatic carbocycles. The third kappa shape index (κ3) is 3.57. The Bertz CT molecular complexity index is 707. The molecule has 0 fully saturated rings. The second kappa shape index (κ2) is 6.48. The largest absolute Gasteiger partial charge is 0.332 e. The minimum Gasteiger partial charge on any atom is -0.332 e. The second-order valence-corrected chi connectivity index (χ2v) is 6.55. The molecule has 23 heavy (non-hydrogen) atoms. The zero-order valence-corrected chi connectivity index (χ0v) is 14.0. The summed E-state index contributed by atoms with van der Waals surface area (Å²) in [4.78, 5) is 23.4. The summed E-state index contributed by atoms with van der Waals surface area (Å²) in [5, 5.41) is 4.13. The minimum absolute atomic E-state index is 0.162. The number of carbonyl (C=O) groups is 1. The lowest BCUT2D eigenvalue weighted by Crippen LogP contribution is -2.25. The van der Waals surface area contributed by atoms with Gasteiger partial charge in [0.1, 0.15) is 5.82 Å². The van der Waals surface area contributed by atoms with E-state index in [1.807, 2.05) is 28.9 Å². The first-order chi connectivity index (χ1) is 11.0. The van der Waals surface area contributed by atoms with Crippen LogP contribution in [-0.2, 0) is 37.8 Å². The van der Waals surface area contributed by atoms with Gasteiger partial charge >= 0.3 is 0 Å². The van der Waals surface area contributed by atoms with Crippen LogP contribution in [0.25, 0.3) is 0 Å². The van der Waals surface area contributed by atoms with Crippen LogP contribution in [0.5, 0.6) is 0 Å². The maximum absolute atomic E-state index is 12.4. The van der Waals surface area contributed by atoms with E-state index in [-0.39, 0.29) is 5.91 Å². The van der Waals surface area contributed by atoms with E-state index in [0.29, 0.717) is 31.8 Å². The monoisotopic (exact) mass is 313 g/mol. The summed E-state index contributed by atoms with van der Waals surface area (Å²) in [6, 6.07) is 1.95. The number of hydrogen-bond donors (Lipinski definition) is 0. The van der Waals surface area contributed by atoms with Crippen molar-refractivity contribution < 1.29 is 4.79 Å². The van der Waals surface area contributed by atoms with Gasteiger partial charge < -0.3 is 4.90 Å². The molecule has 6 heteroatoms. The van der Waals surface area contributed by atoms with Crippen LogP contribution in [0.3, 0.4) is 0 Å². The van der Waals surface area contributed by atoms with Gasteiger partial charge in [0.05, 0.1) is 12.2 Å². The molecule has 0 bridgehead atoms. The average molecular weight is 313 g/mol. The Morgan fingerprint density at radius 1 is 1.35 bits per heavy atom. The third-order valence-corrected chi connectivity index (χ3v) is 4.17. The van der Waals surface area contributed by atoms with Crippen molar-refractivity contribution in [3.63, 3.8) is 0 Å². The molecule has 3 rings (SSSR count). The van der Waals surface area contributed by atoms with E-state index in [2.05, 4.69) is 28.9 Å². The van der Waals surface area contributed by atoms with E-state index < -0.39 is 0 Å². The van der Waals surface area contributed by atoms with E-state index in [9.17, 15) is 4.79 Å². The summed E-state index contributed by atoms with van der Waals surface area (Å²) in [6.45, 7) is 5.55. The normalized spacial score (nSPS) is 13.7. The first-order valence-electron chi connectivity index (χ1n) is 8.11. The quantitative estimate of drug-likeness (QED) is 0.845. The predicted octanol–water partition coefficient (Wildman–Crippen LogP) is 1.88. The van der Waals surface area contributed by atoms with Gasteiger partial charge in [-0.05, 0) is 18.4 Å². The van der Waals surface area contributed by atoms with Crippen LogP contribution in [0.4, 0.5) is 0 Å². The van der Waals surface area contributed by atoms with Crippen LogP contribution in [-0.4, -0.2) is 30.6 Å². The van der Waals surface area contributed by atoms with Crippen molar-refractivity contribution in [2.75, 3.05) is 0 Å². The molecule has 0 saturated heterocycles. The fourth-order valence-electron chi connectivity index (χ4n) is 2.87. The van der Waals surface area contributed by atoms with Crippen molar-refractivity contribution in [1.82, 2.24) is 24.6 Å². The Morgan fingerprint density at radius 2 is 2.17 bits per heavy atom. The summed E-state index contributed by atoms with van der Waals surface area (Å²) in [7, 11) is 1.90. The maximum atomic E-state index is 12.4. The van der Waals surface area contributed by atoms with E-state index in [4.69, 9.17) is 0 Å². The lowest BCUT2D eigenvalue weighted by Gasteiger charge is -2.14. The topological polar surface area (TPSA) is 63.9 Å². The van der Waals surface area contributed by atoms with Gasteiger partial charge in [-0.25, -0.2) is 9.97 Å². The highest BCUT2D eigenvalue weighted by atomic mass is 16.2. The molecule has 0 spiro atoms. The zero-order valence-electron chi connectivity index (χ0n) is 14.0. The highest BCUT2D eigenvalue weighted by Gasteiger charge is 2.25. The van der Waals surface area contributed by atoms with Crippen molar-refractivity contribution in [1.29, 1.82) is 0 Å². The molecule has 0 saturated carbocycles. The van der Waals surface area contributed by atoms with Crippen molar-refractivity contribution in [3.8, 4) is 0 Å². The SMILES string of the molecule is CC(C)Cc1ncc2c(n1)CN(C(=O)CCc1ccnn1C)C2. The number of amides is 1. The molecule has 0 aliphatic carbocycles. The molecule has 1 amide bonds. The Hall–Kier alpha value is -2.24. The molecule has 2 aromatic rings. The Labute approximate surface area is 136 Å². The molecule has 2 aromatic heterocycles. The van der Waals surface area contributed by atoms with Gasteiger partial charge in [0.15, 0.2) is 0 Å². The van der Waals surface area contributed by atoms with Crippen LogP contribution < -0.4 is 0 Å². The van der Waals surface area contributed by atoms with Gasteiger partial charge in [-0.3, -0.25) is 9.48 Å². The number of rotatable bonds is 5. The minimum atomic E-state index is 0.162. The van der Waals surface area contributed by atoms with Gasteiger partial charge in [0.25, 0.3) is 0 Å². The molecule has 6 nitrogen and oxygen atoms in total. The molecular formula is C17H23N5O. The van der Waals surface area contributed by atoms with Crippen molar-refractivity contribution in [3.05, 3.63) is 41.2 Å². The zero-order chi connectivity index (χ0) is 16.4. The van der Waals surface area contributed by atoms with Gasteiger partial charge in [-0.15, -0.1) is 0 Å². The van der Waals surface area contributed by atoms with Crippen molar-refractivity contribution >= 4 is 5.91 Å². The molecule has 0 atom stereocenters. The van der Waals surface area contributed by atoms with Crippen LogP contribution in [0.2, 0.25) is 0 Å². The predicted molar refractivity (Wildman–Crippen MR) is 86.4 cm³/mol. The van der Waals surface area contributed by atoms with Gasteiger partial charge in [-0.1, -0.05) is 13.8 Å². The Kier molecular flexibility index (Phi) is 4.41. The molecule has 0 N–H and O–H groups in total. The lowest BCUT2D eigenvalue weighted by atomic mass is 10.1. The standard InChI is InChI=1S/C17H23N5O/c1-12(2)8-16-18-9-13-10-22(11-15(13)20-16)17(23)5-4-14-6-7-19-21(14)3/h6-7,9,12H,4-5,8,10-11H2,1-3H3. The van der Waals surface area contributed by atoms with E-state index in [1.54, 1.807) is 6.20 Å². The number of carbonyl (C=O) groups excluding carboxylic acids is 1. The molecule has 0 radical (unpaired) electrons. The van der Waals surface area contributed by atoms with E-state index >= 15 is 0 Å². The fourth-order valence-corrected chi connectivity index (χ4v) is 2.87. The first-order valence-corrected chi connectivity index (χ1v) is 8.11. The highest BCUT2D eigenvalue weighted by molar-refractivity contribution is 5.77. The van der Waals surface area contributed by atoms with Crippen molar-refractivity contribution in [2.45, 2.75) is 46.2 Å². The molecule has 0 unspecified atom stereocenters. The average Bonchev–Trinajstić information content (AvgIpc) is 3.09. The highest BCUT2D eigenvalue weighted by Crippen LogP contribution is 2.22. The first kappa shape index (κ1) is 15.6. The number of hydrogen-bond acceptors (Lipinski definition) is 4. The third-order valence-electron chi connectivity index (χ3n) is 4.17. The van der Waals surface area contributed by atoms with E-state index in [1.165, 1.54) is 0 Å². The summed E-state index contributed by atoms with van der Waals surface area (Å²) in [5.41, 5.74) is 3.16. The van der Waals surface area contributed by atoms with Crippen molar-refractivity contribution in [2.24, 2.45) is 13.0 Å². The number of nitrogens with zero attached hydrogens (tertiary/aromatic N) is 5. The molecule has 3 heterocycles. The lowest BCUT2D eigenvalue weighted by molar-refractivity contribution is -0.131. The smallest absolute Gasteiger partial charge is 0.223 e. The summed E-state index contributed by atoms with van der Waals surface area (Å²) in [6.07, 6.45) is 5.74. The van der Waals surface area contributed by atoms with Crippen LogP contribution >= 0.6 is 0 Å². The fraction of sp³-hybridized carbons (Fsp3) is 0.529. The molecule has 1 aliphatic heterocycles. The second-order valence-electron chi connectivity index (χ2n) is 6.55. The number of aromatic nitrogens is 4. The van der Waals surface area contributed by atoms with Crippen LogP contribution in [0.1, 0.15) is 43.0 Å². The summed E-state index contributed by atoms with van der Waals surface area (Å²) < 4.78 is 1.82. The van der Waals surface area contributed by atoms with Gasteiger partial charge in [-0.2, -0.15) is 5.10 Å². The number of fused-ring (bicyclic) bond motifs is 1. The maximum Gasteiger partial charge on any atom is 0.223 e. The van der Waals surface area contributed by atoms with E-state index in [0.717, 1.165) is 29.2 Å². The molecular weight excluding hydrogens is 290 g/mol. The molecule has 1 aliphatic rings. The van der Waals surface area contributed by atoms with Gasteiger partial charge in [0.2, 0.25) is 5.91 Å². The summed E-state index contributed by atoms with van der Waals surface area (Å²) in [5.74, 6) is 1.57. The Morgan fingerprint density at radius 3 is 2.87 bits per heavy atom. The van der Waals surface area contributed by atoms with Gasteiger partial charge in [0, 0.05) is 50.1 Å².